The second-order valence-corrected chi connectivity index (χ2v) is 3.73. The van der Waals surface area contributed by atoms with Crippen LogP contribution in [0, 0.1) is 0 Å². The van der Waals surface area contributed by atoms with Gasteiger partial charge in [-0.3, -0.25) is 20.9 Å². The Morgan fingerprint density at radius 3 is 2.94 bits per heavy atom. The summed E-state index contributed by atoms with van der Waals surface area (Å²) in [6.07, 6.45) is 8.19. The van der Waals surface area contributed by atoms with Crippen LogP contribution in [0.3, 0.4) is 0 Å². The van der Waals surface area contributed by atoms with Crippen molar-refractivity contribution < 1.29 is 0 Å². The number of aryl methyl sites for hydroxylation is 1. The number of hydrazine groups is 1. The van der Waals surface area contributed by atoms with Crippen LogP contribution in [-0.2, 0) is 13.5 Å². The van der Waals surface area contributed by atoms with Crippen molar-refractivity contribution in [3.8, 4) is 0 Å². The molecule has 0 aromatic carbocycles. The van der Waals surface area contributed by atoms with E-state index in [0.29, 0.717) is 0 Å². The van der Waals surface area contributed by atoms with Crippen LogP contribution >= 0.6 is 0 Å². The zero-order valence-electron chi connectivity index (χ0n) is 9.17. The topological polar surface area (TPSA) is 68.8 Å². The molecule has 0 saturated heterocycles. The summed E-state index contributed by atoms with van der Waals surface area (Å²) in [5.41, 5.74) is 5.02. The number of nitrogens with zero attached hydrogens (tertiary/aromatic N) is 3. The number of rotatable bonds is 4. The molecule has 3 N–H and O–H groups in total. The number of nitrogens with two attached hydrogens (primary N) is 1. The van der Waals surface area contributed by atoms with Crippen molar-refractivity contribution in [3.63, 3.8) is 0 Å². The molecule has 5 nitrogen and oxygen atoms in total. The van der Waals surface area contributed by atoms with Crippen molar-refractivity contribution >= 4 is 0 Å². The summed E-state index contributed by atoms with van der Waals surface area (Å²) in [5.74, 6) is 5.55. The van der Waals surface area contributed by atoms with E-state index >= 15 is 0 Å². The van der Waals surface area contributed by atoms with Gasteiger partial charge in [-0.2, -0.15) is 5.10 Å². The van der Waals surface area contributed by atoms with E-state index in [1.807, 2.05) is 37.8 Å². The molecule has 5 heteroatoms. The Kier molecular flexibility index (Phi) is 3.28. The maximum absolute atomic E-state index is 5.55. The lowest BCUT2D eigenvalue weighted by molar-refractivity contribution is 0.550. The summed E-state index contributed by atoms with van der Waals surface area (Å²) in [7, 11) is 1.89. The van der Waals surface area contributed by atoms with E-state index in [0.717, 1.165) is 17.5 Å². The Morgan fingerprint density at radius 2 is 2.38 bits per heavy atom. The van der Waals surface area contributed by atoms with Crippen LogP contribution < -0.4 is 11.3 Å². The van der Waals surface area contributed by atoms with E-state index in [1.165, 1.54) is 0 Å². The van der Waals surface area contributed by atoms with Gasteiger partial charge >= 0.3 is 0 Å². The molecule has 2 rings (SSSR count). The van der Waals surface area contributed by atoms with Crippen LogP contribution in [0.2, 0.25) is 0 Å². The van der Waals surface area contributed by atoms with Gasteiger partial charge in [0.05, 0.1) is 12.2 Å². The van der Waals surface area contributed by atoms with Crippen molar-refractivity contribution in [2.45, 2.75) is 12.5 Å². The smallest absolute Gasteiger partial charge is 0.0538 e. The molecular formula is C11H15N5. The van der Waals surface area contributed by atoms with Gasteiger partial charge in [-0.05, 0) is 18.1 Å². The number of nitrogens with one attached hydrogen (secondary N) is 1. The van der Waals surface area contributed by atoms with Crippen molar-refractivity contribution in [2.75, 3.05) is 0 Å². The molecule has 16 heavy (non-hydrogen) atoms. The lowest BCUT2D eigenvalue weighted by atomic mass is 10.0. The van der Waals surface area contributed by atoms with Gasteiger partial charge < -0.3 is 0 Å². The highest BCUT2D eigenvalue weighted by molar-refractivity contribution is 5.17. The van der Waals surface area contributed by atoms with Crippen molar-refractivity contribution in [2.24, 2.45) is 12.9 Å². The molecule has 0 bridgehead atoms. The monoisotopic (exact) mass is 217 g/mol. The summed E-state index contributed by atoms with van der Waals surface area (Å²) >= 11 is 0. The van der Waals surface area contributed by atoms with E-state index in [-0.39, 0.29) is 6.04 Å². The first-order chi connectivity index (χ1) is 7.79. The predicted molar refractivity (Wildman–Crippen MR) is 61.2 cm³/mol. The molecule has 0 aliphatic rings. The fourth-order valence-electron chi connectivity index (χ4n) is 1.65. The van der Waals surface area contributed by atoms with Gasteiger partial charge in [-0.1, -0.05) is 6.07 Å². The Morgan fingerprint density at radius 1 is 1.50 bits per heavy atom. The molecule has 0 saturated carbocycles. The second kappa shape index (κ2) is 4.87. The molecule has 0 aliphatic carbocycles. The molecule has 0 aliphatic heterocycles. The predicted octanol–water partition coefficient (Wildman–Crippen LogP) is 0.562. The Hall–Kier alpha value is -1.72. The van der Waals surface area contributed by atoms with Crippen LogP contribution in [-0.4, -0.2) is 14.8 Å². The van der Waals surface area contributed by atoms with Crippen LogP contribution in [0.1, 0.15) is 17.2 Å². The fourth-order valence-corrected chi connectivity index (χ4v) is 1.65. The summed E-state index contributed by atoms with van der Waals surface area (Å²) in [6, 6.07) is 4.03. The largest absolute Gasteiger partial charge is 0.275 e. The molecule has 1 atom stereocenters. The van der Waals surface area contributed by atoms with Gasteiger partial charge in [-0.15, -0.1) is 0 Å². The quantitative estimate of drug-likeness (QED) is 0.580. The van der Waals surface area contributed by atoms with Gasteiger partial charge in [0.1, 0.15) is 0 Å². The third-order valence-corrected chi connectivity index (χ3v) is 2.49. The highest BCUT2D eigenvalue weighted by Crippen LogP contribution is 2.16. The second-order valence-electron chi connectivity index (χ2n) is 3.73. The number of hydrogen-bond donors (Lipinski definition) is 2. The number of aromatic nitrogens is 3. The third-order valence-electron chi connectivity index (χ3n) is 2.49. The zero-order valence-corrected chi connectivity index (χ0v) is 9.17. The van der Waals surface area contributed by atoms with E-state index < -0.39 is 0 Å². The highest BCUT2D eigenvalue weighted by Gasteiger charge is 2.12. The van der Waals surface area contributed by atoms with Gasteiger partial charge in [0, 0.05) is 31.2 Å². The summed E-state index contributed by atoms with van der Waals surface area (Å²) in [4.78, 5) is 4.08. The molecule has 0 fully saturated rings. The number of pyridine rings is 1. The zero-order chi connectivity index (χ0) is 11.4. The molecule has 0 radical (unpaired) electrons. The average molecular weight is 217 g/mol. The molecular weight excluding hydrogens is 202 g/mol. The molecule has 0 amide bonds. The molecule has 2 heterocycles. The van der Waals surface area contributed by atoms with Crippen LogP contribution in [0.4, 0.5) is 0 Å². The summed E-state index contributed by atoms with van der Waals surface area (Å²) < 4.78 is 1.77. The highest BCUT2D eigenvalue weighted by atomic mass is 15.3. The normalized spacial score (nSPS) is 12.6. The summed E-state index contributed by atoms with van der Waals surface area (Å²) in [6.45, 7) is 0. The van der Waals surface area contributed by atoms with Crippen molar-refractivity contribution in [1.82, 2.24) is 20.2 Å². The van der Waals surface area contributed by atoms with Gasteiger partial charge in [0.2, 0.25) is 0 Å². The standard InChI is InChI=1S/C11H15N5/c1-16-8-10(7-14-16)11(15-12)5-9-3-2-4-13-6-9/h2-4,6-8,11,15H,5,12H2,1H3. The molecule has 2 aromatic heterocycles. The SMILES string of the molecule is Cn1cc(C(Cc2cccnc2)NN)cn1. The van der Waals surface area contributed by atoms with E-state index in [1.54, 1.807) is 10.9 Å². The molecule has 1 unspecified atom stereocenters. The van der Waals surface area contributed by atoms with Crippen LogP contribution in [0.15, 0.2) is 36.9 Å². The minimum Gasteiger partial charge on any atom is -0.275 e. The van der Waals surface area contributed by atoms with E-state index in [9.17, 15) is 0 Å². The lowest BCUT2D eigenvalue weighted by Gasteiger charge is -2.13. The van der Waals surface area contributed by atoms with Gasteiger partial charge in [0.25, 0.3) is 0 Å². The first kappa shape index (κ1) is 10.8. The van der Waals surface area contributed by atoms with Gasteiger partial charge in [0.15, 0.2) is 0 Å². The van der Waals surface area contributed by atoms with Crippen molar-refractivity contribution in [3.05, 3.63) is 48.0 Å². The minimum atomic E-state index is 0.0675. The Balaban J connectivity index is 2.12. The average Bonchev–Trinajstić information content (AvgIpc) is 2.74. The Labute approximate surface area is 94.3 Å². The summed E-state index contributed by atoms with van der Waals surface area (Å²) in [5, 5.41) is 4.13. The molecule has 0 spiro atoms. The fraction of sp³-hybridized carbons (Fsp3) is 0.273. The minimum absolute atomic E-state index is 0.0675. The molecule has 2 aromatic rings. The molecule has 84 valence electrons. The van der Waals surface area contributed by atoms with Gasteiger partial charge in [-0.25, -0.2) is 0 Å². The Bertz CT molecular complexity index is 437. The third kappa shape index (κ3) is 2.44. The first-order valence-corrected chi connectivity index (χ1v) is 5.13. The van der Waals surface area contributed by atoms with Crippen molar-refractivity contribution in [1.29, 1.82) is 0 Å². The van der Waals surface area contributed by atoms with Crippen LogP contribution in [0.25, 0.3) is 0 Å². The van der Waals surface area contributed by atoms with E-state index in [4.69, 9.17) is 5.84 Å². The maximum Gasteiger partial charge on any atom is 0.0538 e. The first-order valence-electron chi connectivity index (χ1n) is 5.13. The lowest BCUT2D eigenvalue weighted by Crippen LogP contribution is -2.29. The number of hydrogen-bond acceptors (Lipinski definition) is 4. The van der Waals surface area contributed by atoms with Crippen LogP contribution in [0.5, 0.6) is 0 Å². The van der Waals surface area contributed by atoms with E-state index in [2.05, 4.69) is 15.5 Å². The maximum atomic E-state index is 5.55.